The van der Waals surface area contributed by atoms with E-state index in [1.807, 2.05) is 24.3 Å². The molecule has 1 fully saturated rings. The van der Waals surface area contributed by atoms with Gasteiger partial charge in [0.05, 0.1) is 0 Å². The van der Waals surface area contributed by atoms with E-state index in [-0.39, 0.29) is 5.54 Å². The fourth-order valence-corrected chi connectivity index (χ4v) is 3.31. The van der Waals surface area contributed by atoms with Gasteiger partial charge in [-0.1, -0.05) is 35.8 Å². The summed E-state index contributed by atoms with van der Waals surface area (Å²) in [6.45, 7) is 13.0. The van der Waals surface area contributed by atoms with Gasteiger partial charge in [0, 0.05) is 35.7 Å². The molecule has 2 rings (SSSR count). The number of piperazine rings is 1. The van der Waals surface area contributed by atoms with E-state index in [9.17, 15) is 0 Å². The molecule has 0 aliphatic carbocycles. The zero-order valence-electron chi connectivity index (χ0n) is 13.5. The van der Waals surface area contributed by atoms with Crippen LogP contribution < -0.4 is 10.1 Å². The third-order valence-corrected chi connectivity index (χ3v) is 4.56. The lowest BCUT2D eigenvalue weighted by Crippen LogP contribution is -2.63. The smallest absolute Gasteiger partial charge is 0.120 e. The minimum atomic E-state index is 0.182. The molecule has 21 heavy (non-hydrogen) atoms. The van der Waals surface area contributed by atoms with Crippen LogP contribution in [0.25, 0.3) is 0 Å². The van der Waals surface area contributed by atoms with Crippen LogP contribution in [-0.2, 0) is 0 Å². The van der Waals surface area contributed by atoms with Crippen molar-refractivity contribution in [3.63, 3.8) is 0 Å². The molecule has 0 bridgehead atoms. The van der Waals surface area contributed by atoms with Crippen molar-refractivity contribution in [1.29, 1.82) is 0 Å². The van der Waals surface area contributed by atoms with Crippen LogP contribution in [0.15, 0.2) is 28.7 Å². The Kier molecular flexibility index (Phi) is 5.69. The molecule has 1 atom stereocenters. The summed E-state index contributed by atoms with van der Waals surface area (Å²) in [7, 11) is 0. The number of nitrogens with zero attached hydrogens (tertiary/aromatic N) is 1. The zero-order valence-corrected chi connectivity index (χ0v) is 15.1. The van der Waals surface area contributed by atoms with Gasteiger partial charge in [0.15, 0.2) is 0 Å². The van der Waals surface area contributed by atoms with E-state index in [4.69, 9.17) is 4.74 Å². The summed E-state index contributed by atoms with van der Waals surface area (Å²) in [6, 6.07) is 8.63. The first kappa shape index (κ1) is 16.8. The van der Waals surface area contributed by atoms with Crippen molar-refractivity contribution in [1.82, 2.24) is 10.2 Å². The van der Waals surface area contributed by atoms with Crippen LogP contribution in [0.4, 0.5) is 0 Å². The van der Waals surface area contributed by atoms with Crippen molar-refractivity contribution >= 4 is 15.9 Å². The molecule has 1 aliphatic heterocycles. The second-order valence-corrected chi connectivity index (χ2v) is 7.77. The minimum Gasteiger partial charge on any atom is -0.492 e. The van der Waals surface area contributed by atoms with E-state index >= 15 is 0 Å². The zero-order chi connectivity index (χ0) is 15.5. The Morgan fingerprint density at radius 1 is 1.43 bits per heavy atom. The first-order chi connectivity index (χ1) is 9.87. The Balaban J connectivity index is 1.89. The standard InChI is InChI=1S/C17H27BrN2O/c1-13(2)16-11-19-17(3,4)12-20(16)8-9-21-15-7-5-6-14(18)10-15/h5-7,10,13,16,19H,8-9,11-12H2,1-4H3. The van der Waals surface area contributed by atoms with Gasteiger partial charge < -0.3 is 10.1 Å². The average molecular weight is 355 g/mol. The Labute approximate surface area is 137 Å². The summed E-state index contributed by atoms with van der Waals surface area (Å²) >= 11 is 3.48. The second kappa shape index (κ2) is 7.12. The largest absolute Gasteiger partial charge is 0.492 e. The predicted octanol–water partition coefficient (Wildman–Crippen LogP) is 3.54. The summed E-state index contributed by atoms with van der Waals surface area (Å²) in [5.41, 5.74) is 0.182. The molecular weight excluding hydrogens is 328 g/mol. The minimum absolute atomic E-state index is 0.182. The highest BCUT2D eigenvalue weighted by Gasteiger charge is 2.33. The molecule has 0 aromatic heterocycles. The van der Waals surface area contributed by atoms with Gasteiger partial charge in [-0.2, -0.15) is 0 Å². The van der Waals surface area contributed by atoms with Gasteiger partial charge in [0.1, 0.15) is 12.4 Å². The van der Waals surface area contributed by atoms with Crippen LogP contribution in [0, 0.1) is 5.92 Å². The van der Waals surface area contributed by atoms with Crippen molar-refractivity contribution in [3.8, 4) is 5.75 Å². The third-order valence-electron chi connectivity index (χ3n) is 4.07. The molecule has 0 spiro atoms. The van der Waals surface area contributed by atoms with Gasteiger partial charge >= 0.3 is 0 Å². The lowest BCUT2D eigenvalue weighted by Gasteiger charge is -2.46. The molecular formula is C17H27BrN2O. The van der Waals surface area contributed by atoms with Crippen molar-refractivity contribution in [2.24, 2.45) is 5.92 Å². The molecule has 1 aromatic carbocycles. The van der Waals surface area contributed by atoms with Crippen molar-refractivity contribution in [2.75, 3.05) is 26.2 Å². The highest BCUT2D eigenvalue weighted by molar-refractivity contribution is 9.10. The first-order valence-corrected chi connectivity index (χ1v) is 8.54. The molecule has 4 heteroatoms. The van der Waals surface area contributed by atoms with E-state index in [2.05, 4.69) is 53.8 Å². The maximum Gasteiger partial charge on any atom is 0.120 e. The van der Waals surface area contributed by atoms with Crippen LogP contribution in [0.1, 0.15) is 27.7 Å². The number of halogens is 1. The Hall–Kier alpha value is -0.580. The van der Waals surface area contributed by atoms with E-state index in [1.54, 1.807) is 0 Å². The number of benzene rings is 1. The molecule has 3 nitrogen and oxygen atoms in total. The summed E-state index contributed by atoms with van der Waals surface area (Å²) in [6.07, 6.45) is 0. The van der Waals surface area contributed by atoms with Crippen LogP contribution in [-0.4, -0.2) is 42.7 Å². The number of hydrogen-bond acceptors (Lipinski definition) is 3. The Morgan fingerprint density at radius 3 is 2.86 bits per heavy atom. The van der Waals surface area contributed by atoms with Crippen molar-refractivity contribution < 1.29 is 4.74 Å². The van der Waals surface area contributed by atoms with Crippen LogP contribution >= 0.6 is 15.9 Å². The first-order valence-electron chi connectivity index (χ1n) is 7.75. The van der Waals surface area contributed by atoms with Crippen molar-refractivity contribution in [3.05, 3.63) is 28.7 Å². The van der Waals surface area contributed by atoms with Gasteiger partial charge in [-0.15, -0.1) is 0 Å². The fraction of sp³-hybridized carbons (Fsp3) is 0.647. The quantitative estimate of drug-likeness (QED) is 0.875. The highest BCUT2D eigenvalue weighted by atomic mass is 79.9. The molecule has 1 aromatic rings. The number of nitrogens with one attached hydrogen (secondary N) is 1. The molecule has 1 aliphatic rings. The molecule has 1 heterocycles. The van der Waals surface area contributed by atoms with E-state index in [0.717, 1.165) is 36.5 Å². The lowest BCUT2D eigenvalue weighted by atomic mass is 9.93. The average Bonchev–Trinajstić information content (AvgIpc) is 2.37. The van der Waals surface area contributed by atoms with Crippen LogP contribution in [0.5, 0.6) is 5.75 Å². The molecule has 1 N–H and O–H groups in total. The second-order valence-electron chi connectivity index (χ2n) is 6.85. The van der Waals surface area contributed by atoms with Gasteiger partial charge in [0.2, 0.25) is 0 Å². The number of hydrogen-bond donors (Lipinski definition) is 1. The summed E-state index contributed by atoms with van der Waals surface area (Å²) in [5, 5.41) is 3.65. The molecule has 0 amide bonds. The predicted molar refractivity (Wildman–Crippen MR) is 91.9 cm³/mol. The molecule has 1 unspecified atom stereocenters. The fourth-order valence-electron chi connectivity index (χ4n) is 2.93. The van der Waals surface area contributed by atoms with Crippen molar-refractivity contribution in [2.45, 2.75) is 39.3 Å². The Bertz CT molecular complexity index is 462. The maximum atomic E-state index is 5.89. The Morgan fingerprint density at radius 2 is 2.19 bits per heavy atom. The monoisotopic (exact) mass is 354 g/mol. The van der Waals surface area contributed by atoms with E-state index in [0.29, 0.717) is 12.0 Å². The van der Waals surface area contributed by atoms with Gasteiger partial charge in [-0.25, -0.2) is 0 Å². The van der Waals surface area contributed by atoms with E-state index < -0.39 is 0 Å². The summed E-state index contributed by atoms with van der Waals surface area (Å²) in [5.74, 6) is 1.58. The topological polar surface area (TPSA) is 24.5 Å². The van der Waals surface area contributed by atoms with E-state index in [1.165, 1.54) is 0 Å². The molecule has 0 radical (unpaired) electrons. The van der Waals surface area contributed by atoms with Crippen LogP contribution in [0.2, 0.25) is 0 Å². The van der Waals surface area contributed by atoms with Gasteiger partial charge in [-0.3, -0.25) is 4.90 Å². The third kappa shape index (κ3) is 4.97. The van der Waals surface area contributed by atoms with Gasteiger partial charge in [0.25, 0.3) is 0 Å². The SMILES string of the molecule is CC(C)C1CNC(C)(C)CN1CCOc1cccc(Br)c1. The number of ether oxygens (including phenoxy) is 1. The van der Waals surface area contributed by atoms with Crippen LogP contribution in [0.3, 0.4) is 0 Å². The lowest BCUT2D eigenvalue weighted by molar-refractivity contribution is 0.0573. The molecule has 1 saturated heterocycles. The normalized spacial score (nSPS) is 22.5. The molecule has 0 saturated carbocycles. The summed E-state index contributed by atoms with van der Waals surface area (Å²) in [4.78, 5) is 2.57. The highest BCUT2D eigenvalue weighted by Crippen LogP contribution is 2.21. The summed E-state index contributed by atoms with van der Waals surface area (Å²) < 4.78 is 6.95. The molecule has 118 valence electrons. The number of rotatable bonds is 5. The maximum absolute atomic E-state index is 5.89. The van der Waals surface area contributed by atoms with Gasteiger partial charge in [-0.05, 0) is 38.0 Å².